The summed E-state index contributed by atoms with van der Waals surface area (Å²) in [6, 6.07) is -0.0514. The van der Waals surface area contributed by atoms with Gasteiger partial charge in [-0.05, 0) is 20.3 Å². The van der Waals surface area contributed by atoms with Gasteiger partial charge >= 0.3 is 0 Å². The number of hydrogen-bond acceptors (Lipinski definition) is 4. The van der Waals surface area contributed by atoms with Crippen molar-refractivity contribution < 1.29 is 13.2 Å². The summed E-state index contributed by atoms with van der Waals surface area (Å²) in [6.45, 7) is 5.49. The molecule has 16 heavy (non-hydrogen) atoms. The summed E-state index contributed by atoms with van der Waals surface area (Å²) in [5, 5.41) is 3.02. The fraction of sp³-hybridized carbons (Fsp3) is 0.900. The molecule has 0 aromatic heterocycles. The zero-order valence-electron chi connectivity index (χ0n) is 9.90. The standard InChI is InChI=1S/C10H20N2O3S/c1-3-12(4-2)10(13)7-11-9-5-6-16(14,15)8-9/h9,11H,3-8H2,1-2H3. The summed E-state index contributed by atoms with van der Waals surface area (Å²) in [6.07, 6.45) is 0.619. The lowest BCUT2D eigenvalue weighted by Gasteiger charge is -2.20. The number of rotatable bonds is 5. The highest BCUT2D eigenvalue weighted by atomic mass is 32.2. The number of nitrogens with one attached hydrogen (secondary N) is 1. The van der Waals surface area contributed by atoms with E-state index in [1.54, 1.807) is 4.90 Å². The van der Waals surface area contributed by atoms with Gasteiger partial charge in [0.05, 0.1) is 18.1 Å². The Kier molecular flexibility index (Phi) is 4.73. The lowest BCUT2D eigenvalue weighted by molar-refractivity contribution is -0.129. The van der Waals surface area contributed by atoms with Crippen LogP contribution in [0, 0.1) is 0 Å². The summed E-state index contributed by atoms with van der Waals surface area (Å²) < 4.78 is 22.4. The van der Waals surface area contributed by atoms with Crippen molar-refractivity contribution in [1.82, 2.24) is 10.2 Å². The fourth-order valence-corrected chi connectivity index (χ4v) is 3.58. The van der Waals surface area contributed by atoms with Crippen molar-refractivity contribution in [3.8, 4) is 0 Å². The molecule has 94 valence electrons. The molecule has 1 unspecified atom stereocenters. The van der Waals surface area contributed by atoms with Crippen LogP contribution >= 0.6 is 0 Å². The molecule has 1 fully saturated rings. The van der Waals surface area contributed by atoms with Crippen LogP contribution in [-0.2, 0) is 14.6 Å². The Balaban J connectivity index is 2.33. The van der Waals surface area contributed by atoms with Crippen LogP contribution in [0.3, 0.4) is 0 Å². The lowest BCUT2D eigenvalue weighted by Crippen LogP contribution is -2.42. The maximum atomic E-state index is 11.6. The smallest absolute Gasteiger partial charge is 0.236 e. The van der Waals surface area contributed by atoms with Gasteiger partial charge < -0.3 is 10.2 Å². The van der Waals surface area contributed by atoms with E-state index in [1.165, 1.54) is 0 Å². The number of likely N-dealkylation sites (N-methyl/N-ethyl adjacent to an activating group) is 1. The Morgan fingerprint density at radius 3 is 2.44 bits per heavy atom. The van der Waals surface area contributed by atoms with E-state index >= 15 is 0 Å². The van der Waals surface area contributed by atoms with Crippen LogP contribution in [0.5, 0.6) is 0 Å². The number of nitrogens with zero attached hydrogens (tertiary/aromatic N) is 1. The van der Waals surface area contributed by atoms with Crippen molar-refractivity contribution in [2.24, 2.45) is 0 Å². The topological polar surface area (TPSA) is 66.5 Å². The summed E-state index contributed by atoms with van der Waals surface area (Å²) in [4.78, 5) is 13.4. The van der Waals surface area contributed by atoms with Gasteiger partial charge in [0, 0.05) is 19.1 Å². The van der Waals surface area contributed by atoms with Gasteiger partial charge in [-0.1, -0.05) is 0 Å². The molecular weight excluding hydrogens is 228 g/mol. The molecule has 0 saturated carbocycles. The second kappa shape index (κ2) is 5.63. The number of carbonyl (C=O) groups excluding carboxylic acids is 1. The molecular formula is C10H20N2O3S. The first-order valence-corrected chi connectivity index (χ1v) is 7.52. The van der Waals surface area contributed by atoms with Gasteiger partial charge in [-0.2, -0.15) is 0 Å². The Bertz CT molecular complexity index is 336. The first-order chi connectivity index (χ1) is 7.48. The third-order valence-corrected chi connectivity index (χ3v) is 4.66. The van der Waals surface area contributed by atoms with Gasteiger partial charge in [0.25, 0.3) is 0 Å². The number of carbonyl (C=O) groups is 1. The van der Waals surface area contributed by atoms with Crippen LogP contribution in [0.2, 0.25) is 0 Å². The van der Waals surface area contributed by atoms with Gasteiger partial charge in [0.2, 0.25) is 5.91 Å². The Hall–Kier alpha value is -0.620. The van der Waals surface area contributed by atoms with Crippen LogP contribution in [0.1, 0.15) is 20.3 Å². The fourth-order valence-electron chi connectivity index (χ4n) is 1.88. The second-order valence-electron chi connectivity index (χ2n) is 4.05. The van der Waals surface area contributed by atoms with Crippen LogP contribution in [-0.4, -0.2) is 56.4 Å². The monoisotopic (exact) mass is 248 g/mol. The maximum absolute atomic E-state index is 11.6. The third-order valence-electron chi connectivity index (χ3n) is 2.89. The van der Waals surface area contributed by atoms with Gasteiger partial charge in [0.1, 0.15) is 0 Å². The van der Waals surface area contributed by atoms with Crippen molar-refractivity contribution in [3.05, 3.63) is 0 Å². The normalized spacial score (nSPS) is 23.2. The molecule has 1 heterocycles. The van der Waals surface area contributed by atoms with Crippen molar-refractivity contribution in [1.29, 1.82) is 0 Å². The van der Waals surface area contributed by atoms with E-state index in [-0.39, 0.29) is 30.0 Å². The molecule has 1 rings (SSSR count). The molecule has 1 saturated heterocycles. The van der Waals surface area contributed by atoms with Crippen LogP contribution in [0.4, 0.5) is 0 Å². The van der Waals surface area contributed by atoms with Crippen LogP contribution in [0.25, 0.3) is 0 Å². The van der Waals surface area contributed by atoms with E-state index in [4.69, 9.17) is 0 Å². The highest BCUT2D eigenvalue weighted by Gasteiger charge is 2.27. The van der Waals surface area contributed by atoms with Crippen LogP contribution < -0.4 is 5.32 Å². The predicted octanol–water partition coefficient (Wildman–Crippen LogP) is -0.368. The summed E-state index contributed by atoms with van der Waals surface area (Å²) in [5.41, 5.74) is 0. The van der Waals surface area contributed by atoms with E-state index in [2.05, 4.69) is 5.32 Å². The minimum Gasteiger partial charge on any atom is -0.342 e. The molecule has 0 aliphatic carbocycles. The highest BCUT2D eigenvalue weighted by Crippen LogP contribution is 2.10. The minimum atomic E-state index is -2.86. The van der Waals surface area contributed by atoms with Gasteiger partial charge in [-0.25, -0.2) is 8.42 Å². The van der Waals surface area contributed by atoms with Crippen molar-refractivity contribution in [2.75, 3.05) is 31.1 Å². The molecule has 0 radical (unpaired) electrons. The Labute approximate surface area is 97.1 Å². The molecule has 0 bridgehead atoms. The summed E-state index contributed by atoms with van der Waals surface area (Å²) in [5.74, 6) is 0.442. The summed E-state index contributed by atoms with van der Waals surface area (Å²) in [7, 11) is -2.86. The van der Waals surface area contributed by atoms with E-state index in [9.17, 15) is 13.2 Å². The number of hydrogen-bond donors (Lipinski definition) is 1. The summed E-state index contributed by atoms with van der Waals surface area (Å²) >= 11 is 0. The lowest BCUT2D eigenvalue weighted by atomic mass is 10.2. The highest BCUT2D eigenvalue weighted by molar-refractivity contribution is 7.91. The average molecular weight is 248 g/mol. The second-order valence-corrected chi connectivity index (χ2v) is 6.28. The van der Waals surface area contributed by atoms with Gasteiger partial charge in [-0.3, -0.25) is 4.79 Å². The molecule has 1 amide bonds. The van der Waals surface area contributed by atoms with Gasteiger partial charge in [0.15, 0.2) is 9.84 Å². The van der Waals surface area contributed by atoms with Crippen molar-refractivity contribution in [3.63, 3.8) is 0 Å². The quantitative estimate of drug-likeness (QED) is 0.721. The largest absolute Gasteiger partial charge is 0.342 e. The number of amides is 1. The predicted molar refractivity (Wildman–Crippen MR) is 63.0 cm³/mol. The first-order valence-electron chi connectivity index (χ1n) is 5.70. The van der Waals surface area contributed by atoms with Crippen molar-refractivity contribution in [2.45, 2.75) is 26.3 Å². The molecule has 0 aromatic rings. The molecule has 6 heteroatoms. The van der Waals surface area contributed by atoms with Crippen LogP contribution in [0.15, 0.2) is 0 Å². The molecule has 0 spiro atoms. The van der Waals surface area contributed by atoms with E-state index < -0.39 is 9.84 Å². The van der Waals surface area contributed by atoms with E-state index in [1.807, 2.05) is 13.8 Å². The Morgan fingerprint density at radius 1 is 1.38 bits per heavy atom. The van der Waals surface area contributed by atoms with Crippen molar-refractivity contribution >= 4 is 15.7 Å². The third kappa shape index (κ3) is 3.75. The molecule has 1 N–H and O–H groups in total. The Morgan fingerprint density at radius 2 is 2.00 bits per heavy atom. The molecule has 5 nitrogen and oxygen atoms in total. The first kappa shape index (κ1) is 13.4. The molecule has 1 aliphatic rings. The molecule has 1 aliphatic heterocycles. The average Bonchev–Trinajstić information content (AvgIpc) is 2.57. The zero-order valence-corrected chi connectivity index (χ0v) is 10.7. The molecule has 0 aromatic carbocycles. The molecule has 1 atom stereocenters. The van der Waals surface area contributed by atoms with Gasteiger partial charge in [-0.15, -0.1) is 0 Å². The minimum absolute atomic E-state index is 0.0364. The zero-order chi connectivity index (χ0) is 12.2. The van der Waals surface area contributed by atoms with E-state index in [0.717, 1.165) is 0 Å². The SMILES string of the molecule is CCN(CC)C(=O)CNC1CCS(=O)(=O)C1. The maximum Gasteiger partial charge on any atom is 0.236 e. The number of sulfone groups is 1. The van der Waals surface area contributed by atoms with E-state index in [0.29, 0.717) is 19.5 Å².